The number of nitriles is 1. The van der Waals surface area contributed by atoms with Crippen LogP contribution in [-0.4, -0.2) is 47.5 Å². The zero-order valence-corrected chi connectivity index (χ0v) is 17.7. The predicted molar refractivity (Wildman–Crippen MR) is 115 cm³/mol. The van der Waals surface area contributed by atoms with E-state index in [0.717, 1.165) is 43.0 Å². The van der Waals surface area contributed by atoms with Gasteiger partial charge in [-0.15, -0.1) is 0 Å². The number of anilines is 1. The van der Waals surface area contributed by atoms with Gasteiger partial charge in [0.05, 0.1) is 0 Å². The summed E-state index contributed by atoms with van der Waals surface area (Å²) >= 11 is 0. The Kier molecular flexibility index (Phi) is 5.30. The van der Waals surface area contributed by atoms with Crippen LogP contribution in [0.5, 0.6) is 0 Å². The molecule has 2 bridgehead atoms. The average molecular weight is 437 g/mol. The molecule has 0 spiro atoms. The number of hydrogen-bond acceptors (Lipinski definition) is 5. The minimum atomic E-state index is -0.843. The first-order valence-corrected chi connectivity index (χ1v) is 11.1. The van der Waals surface area contributed by atoms with E-state index in [0.29, 0.717) is 31.7 Å². The van der Waals surface area contributed by atoms with Crippen molar-refractivity contribution in [2.45, 2.75) is 49.7 Å². The second kappa shape index (κ2) is 8.14. The molecule has 1 amide bonds. The van der Waals surface area contributed by atoms with Gasteiger partial charge in [0.25, 0.3) is 0 Å². The van der Waals surface area contributed by atoms with Crippen LogP contribution in [0.4, 0.5) is 14.5 Å². The fraction of sp³-hybridized carbons (Fsp3) is 0.458. The number of fused-ring (bicyclic) bond motifs is 2. The van der Waals surface area contributed by atoms with Crippen LogP contribution in [-0.2, 0) is 10.3 Å². The van der Waals surface area contributed by atoms with Crippen molar-refractivity contribution >= 4 is 11.6 Å². The highest BCUT2D eigenvalue weighted by molar-refractivity contribution is 5.77. The van der Waals surface area contributed by atoms with Gasteiger partial charge in [-0.05, 0) is 55.5 Å². The third-order valence-corrected chi connectivity index (χ3v) is 7.02. The molecule has 2 aromatic rings. The minimum Gasteiger partial charge on any atom is -0.362 e. The van der Waals surface area contributed by atoms with Crippen molar-refractivity contribution in [1.82, 2.24) is 15.2 Å². The number of aromatic nitrogens is 1. The number of nitrogens with one attached hydrogen (secondary N) is 1. The summed E-state index contributed by atoms with van der Waals surface area (Å²) in [6, 6.07) is 10.4. The SMILES string of the molecule is N#Cc1cc(N2C3CCC2CN(C(=O)CCNC2(c4ccc(F)c(F)c4)CC2)C3)ccn1. The third kappa shape index (κ3) is 3.82. The highest BCUT2D eigenvalue weighted by atomic mass is 19.2. The van der Waals surface area contributed by atoms with Crippen LogP contribution >= 0.6 is 0 Å². The van der Waals surface area contributed by atoms with Crippen LogP contribution in [0.15, 0.2) is 36.5 Å². The maximum atomic E-state index is 13.6. The summed E-state index contributed by atoms with van der Waals surface area (Å²) in [4.78, 5) is 21.3. The van der Waals surface area contributed by atoms with Gasteiger partial charge in [0.1, 0.15) is 11.8 Å². The van der Waals surface area contributed by atoms with E-state index < -0.39 is 11.6 Å². The number of benzene rings is 1. The molecule has 2 unspecified atom stereocenters. The second-order valence-electron chi connectivity index (χ2n) is 8.99. The summed E-state index contributed by atoms with van der Waals surface area (Å²) in [6.45, 7) is 1.85. The number of pyridine rings is 1. The van der Waals surface area contributed by atoms with E-state index in [1.165, 1.54) is 6.07 Å². The number of nitrogens with zero attached hydrogens (tertiary/aromatic N) is 4. The lowest BCUT2D eigenvalue weighted by molar-refractivity contribution is -0.132. The molecule has 3 heterocycles. The minimum absolute atomic E-state index is 0.113. The van der Waals surface area contributed by atoms with Gasteiger partial charge in [-0.1, -0.05) is 6.07 Å². The Balaban J connectivity index is 1.17. The van der Waals surface area contributed by atoms with Crippen LogP contribution < -0.4 is 10.2 Å². The Hall–Kier alpha value is -3.05. The number of carbonyl (C=O) groups excluding carboxylic acids is 1. The van der Waals surface area contributed by atoms with Crippen molar-refractivity contribution < 1.29 is 13.6 Å². The Morgan fingerprint density at radius 2 is 1.91 bits per heavy atom. The van der Waals surface area contributed by atoms with Crippen molar-refractivity contribution in [2.24, 2.45) is 0 Å². The van der Waals surface area contributed by atoms with Crippen LogP contribution in [0.1, 0.15) is 43.4 Å². The largest absolute Gasteiger partial charge is 0.362 e. The zero-order chi connectivity index (χ0) is 22.3. The highest BCUT2D eigenvalue weighted by Crippen LogP contribution is 2.45. The van der Waals surface area contributed by atoms with Crippen molar-refractivity contribution in [2.75, 3.05) is 24.5 Å². The van der Waals surface area contributed by atoms with E-state index in [9.17, 15) is 13.6 Å². The standard InChI is InChI=1S/C24H25F2N5O/c25-21-4-1-16(11-22(21)26)24(7-8-24)29-10-6-23(32)30-14-19-2-3-20(15-30)31(19)18-5-9-28-17(12-18)13-27/h1,4-5,9,11-12,19-20,29H,2-3,6-8,10,14-15H2. The quantitative estimate of drug-likeness (QED) is 0.752. The van der Waals surface area contributed by atoms with Gasteiger partial charge in [0.2, 0.25) is 5.91 Å². The van der Waals surface area contributed by atoms with Crippen molar-refractivity contribution in [3.63, 3.8) is 0 Å². The number of carbonyl (C=O) groups is 1. The monoisotopic (exact) mass is 437 g/mol. The molecule has 166 valence electrons. The van der Waals surface area contributed by atoms with Crippen LogP contribution in [0.25, 0.3) is 0 Å². The number of amides is 1. The molecule has 0 radical (unpaired) electrons. The van der Waals surface area contributed by atoms with Gasteiger partial charge in [-0.25, -0.2) is 13.8 Å². The topological polar surface area (TPSA) is 72.3 Å². The first kappa shape index (κ1) is 20.8. The van der Waals surface area contributed by atoms with E-state index >= 15 is 0 Å². The Morgan fingerprint density at radius 3 is 2.56 bits per heavy atom. The molecule has 1 aromatic carbocycles. The third-order valence-electron chi connectivity index (χ3n) is 7.02. The fourth-order valence-corrected chi connectivity index (χ4v) is 5.22. The predicted octanol–water partition coefficient (Wildman–Crippen LogP) is 3.08. The molecule has 5 rings (SSSR count). The maximum Gasteiger partial charge on any atom is 0.223 e. The van der Waals surface area contributed by atoms with Crippen molar-refractivity contribution in [3.05, 3.63) is 59.4 Å². The maximum absolute atomic E-state index is 13.6. The van der Waals surface area contributed by atoms with E-state index in [-0.39, 0.29) is 23.5 Å². The summed E-state index contributed by atoms with van der Waals surface area (Å²) in [5.41, 5.74) is 1.80. The number of rotatable bonds is 6. The molecule has 3 fully saturated rings. The molecular weight excluding hydrogens is 412 g/mol. The summed E-state index contributed by atoms with van der Waals surface area (Å²) in [6.07, 6.45) is 5.79. The summed E-state index contributed by atoms with van der Waals surface area (Å²) in [7, 11) is 0. The van der Waals surface area contributed by atoms with E-state index in [4.69, 9.17) is 5.26 Å². The number of piperazine rings is 1. The molecule has 6 nitrogen and oxygen atoms in total. The van der Waals surface area contributed by atoms with Gasteiger partial charge >= 0.3 is 0 Å². The summed E-state index contributed by atoms with van der Waals surface area (Å²) in [5.74, 6) is -1.57. The van der Waals surface area contributed by atoms with Crippen LogP contribution in [0, 0.1) is 23.0 Å². The molecule has 2 atom stereocenters. The Bertz CT molecular complexity index is 1070. The molecule has 1 aromatic heterocycles. The fourth-order valence-electron chi connectivity index (χ4n) is 5.22. The van der Waals surface area contributed by atoms with Crippen LogP contribution in [0.2, 0.25) is 0 Å². The van der Waals surface area contributed by atoms with Crippen molar-refractivity contribution in [3.8, 4) is 6.07 Å². The lowest BCUT2D eigenvalue weighted by Crippen LogP contribution is -2.55. The molecule has 1 aliphatic carbocycles. The molecule has 2 aliphatic heterocycles. The van der Waals surface area contributed by atoms with E-state index in [2.05, 4.69) is 21.3 Å². The molecular formula is C24H25F2N5O. The lowest BCUT2D eigenvalue weighted by Gasteiger charge is -2.42. The van der Waals surface area contributed by atoms with Crippen molar-refractivity contribution in [1.29, 1.82) is 5.26 Å². The lowest BCUT2D eigenvalue weighted by atomic mass is 10.0. The Morgan fingerprint density at radius 1 is 1.16 bits per heavy atom. The average Bonchev–Trinajstić information content (AvgIpc) is 3.54. The number of likely N-dealkylation sites (tertiary alicyclic amines) is 1. The van der Waals surface area contributed by atoms with Gasteiger partial charge in [-0.2, -0.15) is 5.26 Å². The smallest absolute Gasteiger partial charge is 0.223 e. The van der Waals surface area contributed by atoms with E-state index in [1.54, 1.807) is 12.3 Å². The Labute approximate surface area is 185 Å². The molecule has 8 heteroatoms. The molecule has 2 saturated heterocycles. The normalized spacial score (nSPS) is 23.2. The first-order valence-electron chi connectivity index (χ1n) is 11.1. The van der Waals surface area contributed by atoms with Crippen LogP contribution in [0.3, 0.4) is 0 Å². The highest BCUT2D eigenvalue weighted by Gasteiger charge is 2.45. The summed E-state index contributed by atoms with van der Waals surface area (Å²) < 4.78 is 26.9. The second-order valence-corrected chi connectivity index (χ2v) is 8.99. The molecule has 1 saturated carbocycles. The zero-order valence-electron chi connectivity index (χ0n) is 17.7. The number of halogens is 2. The van der Waals surface area contributed by atoms with Gasteiger partial charge in [0, 0.05) is 55.6 Å². The van der Waals surface area contributed by atoms with Gasteiger partial charge < -0.3 is 15.1 Å². The van der Waals surface area contributed by atoms with Gasteiger partial charge in [-0.3, -0.25) is 4.79 Å². The van der Waals surface area contributed by atoms with E-state index in [1.807, 2.05) is 17.0 Å². The van der Waals surface area contributed by atoms with Gasteiger partial charge in [0.15, 0.2) is 11.6 Å². The molecule has 1 N–H and O–H groups in total. The summed E-state index contributed by atoms with van der Waals surface area (Å²) in [5, 5.41) is 12.5. The number of hydrogen-bond donors (Lipinski definition) is 1. The first-order chi connectivity index (χ1) is 15.5. The molecule has 32 heavy (non-hydrogen) atoms. The molecule has 3 aliphatic rings.